The van der Waals surface area contributed by atoms with Gasteiger partial charge >= 0.3 is 5.97 Å². The van der Waals surface area contributed by atoms with Gasteiger partial charge in [0.1, 0.15) is 0 Å². The minimum absolute atomic E-state index is 0.0798. The van der Waals surface area contributed by atoms with E-state index in [1.54, 1.807) is 0 Å². The Labute approximate surface area is 115 Å². The third-order valence-corrected chi connectivity index (χ3v) is 3.02. The number of hydrogen-bond donors (Lipinski definition) is 3. The molecule has 19 heavy (non-hydrogen) atoms. The monoisotopic (exact) mass is 272 g/mol. The molecule has 0 unspecified atom stereocenters. The van der Waals surface area contributed by atoms with E-state index in [0.29, 0.717) is 6.54 Å². The first kappa shape index (κ1) is 17.9. The maximum absolute atomic E-state index is 11.2. The van der Waals surface area contributed by atoms with Gasteiger partial charge in [-0.25, -0.2) is 0 Å². The lowest BCUT2D eigenvalue weighted by atomic mass is 10.1. The molecule has 0 aliphatic carbocycles. The average Bonchev–Trinajstić information content (AvgIpc) is 2.38. The molecular weight excluding hydrogens is 244 g/mol. The number of aliphatic carboxylic acids is 1. The van der Waals surface area contributed by atoms with Gasteiger partial charge in [-0.3, -0.25) is 9.59 Å². The number of carbonyl (C=O) groups excluding carboxylic acids is 1. The summed E-state index contributed by atoms with van der Waals surface area (Å²) in [6, 6.07) is 0. The lowest BCUT2D eigenvalue weighted by Crippen LogP contribution is -2.24. The van der Waals surface area contributed by atoms with Gasteiger partial charge < -0.3 is 16.2 Å². The van der Waals surface area contributed by atoms with Crippen LogP contribution in [0.3, 0.4) is 0 Å². The molecule has 0 heterocycles. The van der Waals surface area contributed by atoms with E-state index in [9.17, 15) is 9.59 Å². The second-order valence-electron chi connectivity index (χ2n) is 4.86. The molecule has 0 aromatic carbocycles. The highest BCUT2D eigenvalue weighted by Gasteiger charge is 2.03. The molecule has 1 amide bonds. The Morgan fingerprint density at radius 2 is 1.37 bits per heavy atom. The van der Waals surface area contributed by atoms with Gasteiger partial charge in [0, 0.05) is 13.0 Å². The Bertz CT molecular complexity index is 245. The van der Waals surface area contributed by atoms with Crippen LogP contribution in [0, 0.1) is 0 Å². The molecule has 112 valence electrons. The third-order valence-electron chi connectivity index (χ3n) is 3.02. The molecule has 0 saturated carbocycles. The molecule has 0 aromatic heterocycles. The van der Waals surface area contributed by atoms with Crippen molar-refractivity contribution in [3.05, 3.63) is 0 Å². The first-order chi connectivity index (χ1) is 9.16. The summed E-state index contributed by atoms with van der Waals surface area (Å²) in [6.45, 7) is 1.45. The Balaban J connectivity index is 3.13. The van der Waals surface area contributed by atoms with Gasteiger partial charge in [-0.2, -0.15) is 0 Å². The smallest absolute Gasteiger partial charge is 0.303 e. The summed E-state index contributed by atoms with van der Waals surface area (Å²) in [4.78, 5) is 21.5. The van der Waals surface area contributed by atoms with Crippen LogP contribution in [-0.2, 0) is 9.59 Å². The number of rotatable bonds is 13. The number of nitrogens with one attached hydrogen (secondary N) is 1. The normalized spacial score (nSPS) is 10.4. The van der Waals surface area contributed by atoms with Crippen molar-refractivity contribution >= 4 is 11.9 Å². The number of hydrogen-bond acceptors (Lipinski definition) is 3. The molecule has 0 atom stereocenters. The Morgan fingerprint density at radius 1 is 0.842 bits per heavy atom. The first-order valence-corrected chi connectivity index (χ1v) is 7.35. The topological polar surface area (TPSA) is 92.4 Å². The third kappa shape index (κ3) is 14.8. The van der Waals surface area contributed by atoms with Crippen LogP contribution in [-0.4, -0.2) is 30.1 Å². The molecule has 5 heteroatoms. The SMILES string of the molecule is NCCCCCCCCCCNC(=O)CCC(=O)O. The van der Waals surface area contributed by atoms with E-state index >= 15 is 0 Å². The van der Waals surface area contributed by atoms with Crippen LogP contribution < -0.4 is 11.1 Å². The van der Waals surface area contributed by atoms with Crippen molar-refractivity contribution in [2.24, 2.45) is 5.73 Å². The molecule has 0 rings (SSSR count). The molecule has 0 aliphatic heterocycles. The molecule has 0 spiro atoms. The molecular formula is C14H28N2O3. The lowest BCUT2D eigenvalue weighted by Gasteiger charge is -2.04. The predicted octanol–water partition coefficient (Wildman–Crippen LogP) is 2.05. The second-order valence-corrected chi connectivity index (χ2v) is 4.86. The number of carboxylic acids is 1. The Morgan fingerprint density at radius 3 is 1.89 bits per heavy atom. The summed E-state index contributed by atoms with van der Waals surface area (Å²) in [6.07, 6.45) is 9.43. The molecule has 0 saturated heterocycles. The van der Waals surface area contributed by atoms with Crippen molar-refractivity contribution in [3.8, 4) is 0 Å². The van der Waals surface area contributed by atoms with Crippen LogP contribution >= 0.6 is 0 Å². The summed E-state index contributed by atoms with van der Waals surface area (Å²) in [5.41, 5.74) is 5.42. The molecule has 0 aliphatic rings. The van der Waals surface area contributed by atoms with E-state index in [2.05, 4.69) is 5.32 Å². The molecule has 0 fully saturated rings. The van der Waals surface area contributed by atoms with Gasteiger partial charge in [0.15, 0.2) is 0 Å². The molecule has 0 radical (unpaired) electrons. The van der Waals surface area contributed by atoms with E-state index in [1.165, 1.54) is 32.1 Å². The van der Waals surface area contributed by atoms with Gasteiger partial charge in [-0.1, -0.05) is 38.5 Å². The summed E-state index contributed by atoms with van der Waals surface area (Å²) in [5.74, 6) is -1.09. The van der Waals surface area contributed by atoms with E-state index in [-0.39, 0.29) is 18.7 Å². The highest BCUT2D eigenvalue weighted by Crippen LogP contribution is 2.07. The summed E-state index contributed by atoms with van der Waals surface area (Å²) in [7, 11) is 0. The lowest BCUT2D eigenvalue weighted by molar-refractivity contribution is -0.138. The largest absolute Gasteiger partial charge is 0.481 e. The fourth-order valence-corrected chi connectivity index (χ4v) is 1.87. The zero-order valence-electron chi connectivity index (χ0n) is 11.8. The fraction of sp³-hybridized carbons (Fsp3) is 0.857. The Hall–Kier alpha value is -1.10. The zero-order chi connectivity index (χ0) is 14.3. The van der Waals surface area contributed by atoms with Gasteiger partial charge in [-0.15, -0.1) is 0 Å². The number of amides is 1. The maximum atomic E-state index is 11.2. The highest BCUT2D eigenvalue weighted by molar-refractivity contribution is 5.80. The van der Waals surface area contributed by atoms with E-state index in [4.69, 9.17) is 10.8 Å². The maximum Gasteiger partial charge on any atom is 0.303 e. The average molecular weight is 272 g/mol. The van der Waals surface area contributed by atoms with Crippen LogP contribution in [0.15, 0.2) is 0 Å². The van der Waals surface area contributed by atoms with Crippen molar-refractivity contribution in [1.29, 1.82) is 0 Å². The second kappa shape index (κ2) is 13.3. The van der Waals surface area contributed by atoms with Gasteiger partial charge in [-0.05, 0) is 19.4 Å². The van der Waals surface area contributed by atoms with Gasteiger partial charge in [0.25, 0.3) is 0 Å². The van der Waals surface area contributed by atoms with Gasteiger partial charge in [0.05, 0.1) is 6.42 Å². The minimum Gasteiger partial charge on any atom is -0.481 e. The van der Waals surface area contributed by atoms with Crippen LogP contribution in [0.2, 0.25) is 0 Å². The van der Waals surface area contributed by atoms with Crippen LogP contribution in [0.5, 0.6) is 0 Å². The van der Waals surface area contributed by atoms with Crippen molar-refractivity contribution in [1.82, 2.24) is 5.32 Å². The first-order valence-electron chi connectivity index (χ1n) is 7.35. The molecule has 0 aromatic rings. The quantitative estimate of drug-likeness (QED) is 0.447. The Kier molecular flexibility index (Phi) is 12.6. The van der Waals surface area contributed by atoms with E-state index in [0.717, 1.165) is 25.8 Å². The van der Waals surface area contributed by atoms with Crippen LogP contribution in [0.1, 0.15) is 64.2 Å². The van der Waals surface area contributed by atoms with E-state index in [1.807, 2.05) is 0 Å². The molecule has 4 N–H and O–H groups in total. The fourth-order valence-electron chi connectivity index (χ4n) is 1.87. The highest BCUT2D eigenvalue weighted by atomic mass is 16.4. The van der Waals surface area contributed by atoms with E-state index < -0.39 is 5.97 Å². The number of carbonyl (C=O) groups is 2. The summed E-state index contributed by atoms with van der Waals surface area (Å²) >= 11 is 0. The van der Waals surface area contributed by atoms with Crippen molar-refractivity contribution in [3.63, 3.8) is 0 Å². The van der Waals surface area contributed by atoms with Crippen LogP contribution in [0.25, 0.3) is 0 Å². The van der Waals surface area contributed by atoms with Gasteiger partial charge in [0.2, 0.25) is 5.91 Å². The molecule has 5 nitrogen and oxygen atoms in total. The van der Waals surface area contributed by atoms with Crippen molar-refractivity contribution < 1.29 is 14.7 Å². The van der Waals surface area contributed by atoms with Crippen LogP contribution in [0.4, 0.5) is 0 Å². The predicted molar refractivity (Wildman–Crippen MR) is 75.9 cm³/mol. The molecule has 0 bridgehead atoms. The minimum atomic E-state index is -0.926. The summed E-state index contributed by atoms with van der Waals surface area (Å²) < 4.78 is 0. The summed E-state index contributed by atoms with van der Waals surface area (Å²) in [5, 5.41) is 11.2. The number of nitrogens with two attached hydrogens (primary N) is 1. The zero-order valence-corrected chi connectivity index (χ0v) is 11.8. The van der Waals surface area contributed by atoms with Crippen molar-refractivity contribution in [2.75, 3.05) is 13.1 Å². The standard InChI is InChI=1S/C14H28N2O3/c15-11-7-5-3-1-2-4-6-8-12-16-13(17)9-10-14(18)19/h1-12,15H2,(H,16,17)(H,18,19). The number of carboxylic acid groups (broad SMARTS) is 1. The van der Waals surface area contributed by atoms with Crippen molar-refractivity contribution in [2.45, 2.75) is 64.2 Å². The number of unbranched alkanes of at least 4 members (excludes halogenated alkanes) is 7.